The van der Waals surface area contributed by atoms with E-state index in [0.717, 1.165) is 40.7 Å². The lowest BCUT2D eigenvalue weighted by Gasteiger charge is -2.30. The molecule has 0 unspecified atom stereocenters. The second-order valence-corrected chi connectivity index (χ2v) is 11.2. The molecule has 1 aliphatic heterocycles. The van der Waals surface area contributed by atoms with Crippen molar-refractivity contribution in [2.75, 3.05) is 38.2 Å². The fourth-order valence-electron chi connectivity index (χ4n) is 5.81. The number of methoxy groups -OCH3 is 1. The highest BCUT2D eigenvalue weighted by molar-refractivity contribution is 7.07. The van der Waals surface area contributed by atoms with E-state index in [2.05, 4.69) is 30.9 Å². The Morgan fingerprint density at radius 3 is 2.31 bits per heavy atom. The first kappa shape index (κ1) is 29.3. The van der Waals surface area contributed by atoms with E-state index in [1.54, 1.807) is 16.6 Å². The Bertz CT molecular complexity index is 1830. The number of thiazole rings is 1. The van der Waals surface area contributed by atoms with Crippen molar-refractivity contribution in [3.8, 4) is 5.75 Å². The van der Waals surface area contributed by atoms with Crippen LogP contribution in [0, 0.1) is 0 Å². The van der Waals surface area contributed by atoms with Gasteiger partial charge in [0.1, 0.15) is 11.8 Å². The molecule has 5 rings (SSSR count). The molecule has 0 N–H and O–H groups in total. The van der Waals surface area contributed by atoms with Crippen molar-refractivity contribution in [3.63, 3.8) is 0 Å². The summed E-state index contributed by atoms with van der Waals surface area (Å²) in [4.78, 5) is 37.8. The number of likely N-dealkylation sites (N-methyl/N-ethyl adjacent to an activating group) is 1. The largest absolute Gasteiger partial charge is 0.496 e. The summed E-state index contributed by atoms with van der Waals surface area (Å²) in [5, 5.41) is 1.94. The maximum atomic E-state index is 14.3. The summed E-state index contributed by atoms with van der Waals surface area (Å²) < 4.78 is 8.14. The topological polar surface area (TPSA) is 67.1 Å². The van der Waals surface area contributed by atoms with E-state index in [1.165, 1.54) is 11.3 Å². The predicted molar refractivity (Wildman–Crippen MR) is 172 cm³/mol. The van der Waals surface area contributed by atoms with Crippen LogP contribution in [0.3, 0.4) is 0 Å². The van der Waals surface area contributed by atoms with Gasteiger partial charge in [0, 0.05) is 37.4 Å². The fourth-order valence-corrected chi connectivity index (χ4v) is 6.85. The van der Waals surface area contributed by atoms with Crippen LogP contribution in [-0.4, -0.2) is 48.7 Å². The molecule has 42 heavy (non-hydrogen) atoms. The Kier molecular flexibility index (Phi) is 8.64. The van der Waals surface area contributed by atoms with Gasteiger partial charge in [0.15, 0.2) is 4.80 Å². The summed E-state index contributed by atoms with van der Waals surface area (Å²) in [6.07, 6.45) is 1.92. The number of carbonyl (C=O) groups excluding carboxylic acids is 1. The molecule has 8 heteroatoms. The number of hydrogen-bond acceptors (Lipinski definition) is 6. The van der Waals surface area contributed by atoms with E-state index < -0.39 is 6.04 Å². The maximum absolute atomic E-state index is 14.3. The van der Waals surface area contributed by atoms with Crippen molar-refractivity contribution in [2.45, 2.75) is 40.7 Å². The van der Waals surface area contributed by atoms with Gasteiger partial charge in [0.2, 0.25) is 0 Å². The number of aromatic nitrogens is 1. The molecule has 0 fully saturated rings. The van der Waals surface area contributed by atoms with Gasteiger partial charge in [-0.05, 0) is 75.2 Å². The van der Waals surface area contributed by atoms with E-state index >= 15 is 0 Å². The summed E-state index contributed by atoms with van der Waals surface area (Å²) in [5.74, 6) is 0.502. The van der Waals surface area contributed by atoms with Crippen LogP contribution in [0.1, 0.15) is 51.8 Å². The second kappa shape index (κ2) is 12.4. The molecule has 0 spiro atoms. The van der Waals surface area contributed by atoms with Crippen LogP contribution in [0.15, 0.2) is 81.7 Å². The molecule has 0 bridgehead atoms. The molecule has 1 amide bonds. The van der Waals surface area contributed by atoms with E-state index in [1.807, 2.05) is 75.4 Å². The average molecular weight is 583 g/mol. The zero-order valence-corrected chi connectivity index (χ0v) is 26.0. The van der Waals surface area contributed by atoms with Gasteiger partial charge in [-0.25, -0.2) is 4.99 Å². The standard InChI is InChI=1S/C34H38N4O3S/c1-7-36(8-2)25-18-15-23(16-19-25)21-28-32(39)38-31(30-26-14-12-11-13-24(26)17-20-27(30)41-6)29(22(5)35-34(38)42-28)33(40)37(9-3)10-4/h11-21,31H,7-10H2,1-6H3/b28-21+/t31-/m1/s1. The minimum absolute atomic E-state index is 0.123. The van der Waals surface area contributed by atoms with Crippen LogP contribution in [0.5, 0.6) is 5.75 Å². The van der Waals surface area contributed by atoms with Gasteiger partial charge in [0.05, 0.1) is 22.9 Å². The molecule has 0 saturated carbocycles. The van der Waals surface area contributed by atoms with Gasteiger partial charge in [-0.2, -0.15) is 0 Å². The lowest BCUT2D eigenvalue weighted by molar-refractivity contribution is -0.127. The molecule has 3 aromatic carbocycles. The fraction of sp³-hybridized carbons (Fsp3) is 0.324. The zero-order chi connectivity index (χ0) is 30.0. The van der Waals surface area contributed by atoms with Crippen LogP contribution >= 0.6 is 11.3 Å². The third-order valence-corrected chi connectivity index (χ3v) is 9.03. The highest BCUT2D eigenvalue weighted by Crippen LogP contribution is 2.40. The summed E-state index contributed by atoms with van der Waals surface area (Å²) in [5.41, 5.74) is 3.81. The molecule has 2 heterocycles. The number of amides is 1. The smallest absolute Gasteiger partial charge is 0.271 e. The minimum atomic E-state index is -0.692. The summed E-state index contributed by atoms with van der Waals surface area (Å²) >= 11 is 1.35. The first-order valence-corrected chi connectivity index (χ1v) is 15.4. The highest BCUT2D eigenvalue weighted by atomic mass is 32.1. The van der Waals surface area contributed by atoms with Crippen LogP contribution in [0.25, 0.3) is 16.8 Å². The molecule has 0 radical (unpaired) electrons. The van der Waals surface area contributed by atoms with Crippen molar-refractivity contribution in [2.24, 2.45) is 4.99 Å². The number of rotatable bonds is 9. The summed E-state index contributed by atoms with van der Waals surface area (Å²) in [6.45, 7) is 13.0. The van der Waals surface area contributed by atoms with Crippen molar-refractivity contribution in [1.29, 1.82) is 0 Å². The Labute approximate surface area is 250 Å². The zero-order valence-electron chi connectivity index (χ0n) is 25.2. The maximum Gasteiger partial charge on any atom is 0.271 e. The molecule has 1 aliphatic rings. The van der Waals surface area contributed by atoms with Crippen molar-refractivity contribution in [3.05, 3.63) is 103 Å². The predicted octanol–water partition coefficient (Wildman–Crippen LogP) is 5.11. The number of ether oxygens (including phenoxy) is 1. The first-order chi connectivity index (χ1) is 20.4. The number of nitrogens with zero attached hydrogens (tertiary/aromatic N) is 4. The summed E-state index contributed by atoms with van der Waals surface area (Å²) in [6, 6.07) is 19.5. The molecule has 0 aliphatic carbocycles. The number of carbonyl (C=O) groups is 1. The minimum Gasteiger partial charge on any atom is -0.496 e. The molecular formula is C34H38N4O3S. The highest BCUT2D eigenvalue weighted by Gasteiger charge is 2.36. The van der Waals surface area contributed by atoms with Crippen LogP contribution in [-0.2, 0) is 4.79 Å². The lowest BCUT2D eigenvalue weighted by atomic mass is 9.90. The lowest BCUT2D eigenvalue weighted by Crippen LogP contribution is -2.43. The Morgan fingerprint density at radius 1 is 0.976 bits per heavy atom. The van der Waals surface area contributed by atoms with Gasteiger partial charge < -0.3 is 14.5 Å². The molecule has 1 atom stereocenters. The summed E-state index contributed by atoms with van der Waals surface area (Å²) in [7, 11) is 1.63. The molecule has 1 aromatic heterocycles. The number of hydrogen-bond donors (Lipinski definition) is 0. The quantitative estimate of drug-likeness (QED) is 0.275. The van der Waals surface area contributed by atoms with Gasteiger partial charge in [-0.15, -0.1) is 0 Å². The molecule has 4 aromatic rings. The van der Waals surface area contributed by atoms with Gasteiger partial charge in [-0.3, -0.25) is 14.2 Å². The Balaban J connectivity index is 1.76. The van der Waals surface area contributed by atoms with Gasteiger partial charge in [-0.1, -0.05) is 53.8 Å². The molecular weight excluding hydrogens is 544 g/mol. The number of anilines is 1. The second-order valence-electron chi connectivity index (χ2n) is 10.2. The van der Waals surface area contributed by atoms with E-state index in [4.69, 9.17) is 9.73 Å². The third kappa shape index (κ3) is 5.15. The average Bonchev–Trinajstić information content (AvgIpc) is 3.31. The third-order valence-electron chi connectivity index (χ3n) is 8.05. The molecule has 7 nitrogen and oxygen atoms in total. The van der Waals surface area contributed by atoms with E-state index in [0.29, 0.717) is 39.4 Å². The van der Waals surface area contributed by atoms with Gasteiger partial charge >= 0.3 is 0 Å². The number of fused-ring (bicyclic) bond motifs is 2. The molecule has 0 saturated heterocycles. The Hall–Kier alpha value is -4.17. The van der Waals surface area contributed by atoms with E-state index in [9.17, 15) is 9.59 Å². The van der Waals surface area contributed by atoms with Crippen LogP contribution in [0.4, 0.5) is 5.69 Å². The number of benzene rings is 3. The monoisotopic (exact) mass is 582 g/mol. The number of allylic oxidation sites excluding steroid dienone is 1. The van der Waals surface area contributed by atoms with Gasteiger partial charge in [0.25, 0.3) is 11.5 Å². The molecule has 218 valence electrons. The SMILES string of the molecule is CCN(CC)C(=O)C1=C(C)N=c2s/c(=C/c3ccc(N(CC)CC)cc3)c(=O)n2[C@H]1c1c(OC)ccc2ccccc12. The van der Waals surface area contributed by atoms with Crippen LogP contribution < -0.4 is 24.5 Å². The first-order valence-electron chi connectivity index (χ1n) is 14.6. The van der Waals surface area contributed by atoms with E-state index in [-0.39, 0.29) is 11.5 Å². The normalized spacial score (nSPS) is 15.0. The van der Waals surface area contributed by atoms with Crippen LogP contribution in [0.2, 0.25) is 0 Å². The Morgan fingerprint density at radius 2 is 1.67 bits per heavy atom. The van der Waals surface area contributed by atoms with Crippen molar-refractivity contribution < 1.29 is 9.53 Å². The van der Waals surface area contributed by atoms with Crippen molar-refractivity contribution in [1.82, 2.24) is 9.47 Å². The van der Waals surface area contributed by atoms with Crippen molar-refractivity contribution >= 4 is 39.8 Å².